The first-order chi connectivity index (χ1) is 30.2. The Kier molecular flexibility index (Phi) is 7.21. The molecule has 0 saturated heterocycles. The Morgan fingerprint density at radius 2 is 0.918 bits per heavy atom. The molecule has 0 N–H and O–H groups in total. The van der Waals surface area contributed by atoms with E-state index in [-0.39, 0.29) is 0 Å². The monoisotopic (exact) mass is 780 g/mol. The highest BCUT2D eigenvalue weighted by Crippen LogP contribution is 2.43. The molecule has 13 rings (SSSR count). The van der Waals surface area contributed by atoms with Crippen molar-refractivity contribution in [3.05, 3.63) is 194 Å². The summed E-state index contributed by atoms with van der Waals surface area (Å²) in [6.07, 6.45) is 0. The average molecular weight is 781 g/mol. The van der Waals surface area contributed by atoms with E-state index in [0.717, 1.165) is 88.4 Å². The highest BCUT2D eigenvalue weighted by atomic mass is 16.3. The molecular formula is C55H32N4O2. The van der Waals surface area contributed by atoms with Crippen LogP contribution in [0.15, 0.2) is 203 Å². The summed E-state index contributed by atoms with van der Waals surface area (Å²) in [6.45, 7) is 0. The van der Waals surface area contributed by atoms with Crippen molar-refractivity contribution in [2.24, 2.45) is 0 Å². The number of rotatable bonds is 5. The van der Waals surface area contributed by atoms with E-state index in [1.165, 1.54) is 21.5 Å². The maximum absolute atomic E-state index is 6.81. The molecule has 0 bridgehead atoms. The van der Waals surface area contributed by atoms with Gasteiger partial charge in [0, 0.05) is 49.2 Å². The predicted molar refractivity (Wildman–Crippen MR) is 248 cm³/mol. The third kappa shape index (κ3) is 5.26. The first kappa shape index (κ1) is 33.6. The molecule has 9 aromatic carbocycles. The van der Waals surface area contributed by atoms with E-state index in [9.17, 15) is 0 Å². The van der Waals surface area contributed by atoms with E-state index < -0.39 is 0 Å². The molecule has 4 aromatic heterocycles. The van der Waals surface area contributed by atoms with Gasteiger partial charge in [-0.3, -0.25) is 0 Å². The number of aromatic nitrogens is 4. The van der Waals surface area contributed by atoms with Gasteiger partial charge in [0.2, 0.25) is 0 Å². The zero-order valence-electron chi connectivity index (χ0n) is 32.6. The maximum atomic E-state index is 6.81. The SMILES string of the molecule is c1ccc(-c2nc(-c3ccc(-c4ccc(-n5c6ccccc6c6cc7ccccc7cc65)c5c4oc4ccccc45)cc3)nc(-c3ccc4c(c3)oc3ccccc34)n2)cc1. The van der Waals surface area contributed by atoms with Gasteiger partial charge in [0.05, 0.1) is 22.1 Å². The minimum Gasteiger partial charge on any atom is -0.456 e. The molecule has 0 aliphatic carbocycles. The lowest BCUT2D eigenvalue weighted by atomic mass is 9.99. The van der Waals surface area contributed by atoms with Crippen molar-refractivity contribution in [1.82, 2.24) is 19.5 Å². The van der Waals surface area contributed by atoms with Gasteiger partial charge in [0.1, 0.15) is 22.3 Å². The van der Waals surface area contributed by atoms with Crippen LogP contribution in [0, 0.1) is 0 Å². The van der Waals surface area contributed by atoms with Gasteiger partial charge in [0.15, 0.2) is 17.5 Å². The standard InChI is InChI=1S/C55H32N4O2/c1-2-12-34(13-3-1)53-56-54(58-55(57-53)38-26-27-42-41-17-7-10-20-48(41)60-50(42)32-38)35-24-22-33(23-25-35)39-28-29-46(51-43-18-8-11-21-49(43)61-52(39)51)59-45-19-9-6-16-40(45)44-30-36-14-4-5-15-37(36)31-47(44)59/h1-32H. The third-order valence-corrected chi connectivity index (χ3v) is 12.0. The Labute approximate surface area is 348 Å². The van der Waals surface area contributed by atoms with Crippen LogP contribution in [0.25, 0.3) is 127 Å². The molecule has 0 saturated carbocycles. The van der Waals surface area contributed by atoms with Crippen molar-refractivity contribution in [2.75, 3.05) is 0 Å². The molecule has 0 fully saturated rings. The van der Waals surface area contributed by atoms with Crippen molar-refractivity contribution in [1.29, 1.82) is 0 Å². The summed E-state index contributed by atoms with van der Waals surface area (Å²) in [6, 6.07) is 67.5. The summed E-state index contributed by atoms with van der Waals surface area (Å²) in [5.41, 5.74) is 11.4. The van der Waals surface area contributed by atoms with Crippen molar-refractivity contribution in [3.8, 4) is 51.0 Å². The Bertz CT molecular complexity index is 3880. The second-order valence-electron chi connectivity index (χ2n) is 15.6. The van der Waals surface area contributed by atoms with Gasteiger partial charge in [-0.1, -0.05) is 140 Å². The molecule has 13 aromatic rings. The predicted octanol–water partition coefficient (Wildman–Crippen LogP) is 14.6. The van der Waals surface area contributed by atoms with Gasteiger partial charge in [-0.05, 0) is 70.9 Å². The number of nitrogens with zero attached hydrogens (tertiary/aromatic N) is 4. The largest absolute Gasteiger partial charge is 0.456 e. The van der Waals surface area contributed by atoms with E-state index >= 15 is 0 Å². The van der Waals surface area contributed by atoms with Crippen LogP contribution in [-0.2, 0) is 0 Å². The minimum atomic E-state index is 0.577. The van der Waals surface area contributed by atoms with E-state index in [1.807, 2.05) is 60.7 Å². The summed E-state index contributed by atoms with van der Waals surface area (Å²) in [5, 5.41) is 9.16. The molecule has 0 radical (unpaired) electrons. The van der Waals surface area contributed by atoms with Crippen LogP contribution in [0.3, 0.4) is 0 Å². The topological polar surface area (TPSA) is 69.9 Å². The van der Waals surface area contributed by atoms with Crippen LogP contribution in [0.4, 0.5) is 0 Å². The van der Waals surface area contributed by atoms with E-state index in [0.29, 0.717) is 17.5 Å². The van der Waals surface area contributed by atoms with Gasteiger partial charge >= 0.3 is 0 Å². The maximum Gasteiger partial charge on any atom is 0.164 e. The Hall–Kier alpha value is -8.35. The van der Waals surface area contributed by atoms with Crippen LogP contribution in [0.1, 0.15) is 0 Å². The molecule has 4 heterocycles. The number of hydrogen-bond donors (Lipinski definition) is 0. The van der Waals surface area contributed by atoms with Crippen molar-refractivity contribution >= 4 is 76.5 Å². The number of benzene rings is 9. The lowest BCUT2D eigenvalue weighted by Crippen LogP contribution is -2.00. The van der Waals surface area contributed by atoms with Crippen LogP contribution in [0.2, 0.25) is 0 Å². The summed E-state index contributed by atoms with van der Waals surface area (Å²) >= 11 is 0. The number of hydrogen-bond acceptors (Lipinski definition) is 5. The second-order valence-corrected chi connectivity index (χ2v) is 15.6. The molecular weight excluding hydrogens is 749 g/mol. The fourth-order valence-corrected chi connectivity index (χ4v) is 9.15. The summed E-state index contributed by atoms with van der Waals surface area (Å²) in [7, 11) is 0. The summed E-state index contributed by atoms with van der Waals surface area (Å²) in [4.78, 5) is 15.1. The number of fused-ring (bicyclic) bond motifs is 10. The lowest BCUT2D eigenvalue weighted by molar-refractivity contribution is 0.669. The molecule has 0 amide bonds. The molecule has 284 valence electrons. The normalized spacial score (nSPS) is 11.9. The Morgan fingerprint density at radius 3 is 1.70 bits per heavy atom. The lowest BCUT2D eigenvalue weighted by Gasteiger charge is -2.13. The van der Waals surface area contributed by atoms with Gasteiger partial charge in [-0.25, -0.2) is 15.0 Å². The zero-order chi connectivity index (χ0) is 40.0. The number of para-hydroxylation sites is 3. The van der Waals surface area contributed by atoms with Gasteiger partial charge in [-0.15, -0.1) is 0 Å². The third-order valence-electron chi connectivity index (χ3n) is 12.0. The highest BCUT2D eigenvalue weighted by Gasteiger charge is 2.22. The minimum absolute atomic E-state index is 0.577. The van der Waals surface area contributed by atoms with Crippen molar-refractivity contribution < 1.29 is 8.83 Å². The van der Waals surface area contributed by atoms with Gasteiger partial charge in [0.25, 0.3) is 0 Å². The first-order valence-corrected chi connectivity index (χ1v) is 20.4. The van der Waals surface area contributed by atoms with Crippen molar-refractivity contribution in [2.45, 2.75) is 0 Å². The van der Waals surface area contributed by atoms with Crippen LogP contribution >= 0.6 is 0 Å². The van der Waals surface area contributed by atoms with Crippen molar-refractivity contribution in [3.63, 3.8) is 0 Å². The average Bonchev–Trinajstić information content (AvgIpc) is 4.00. The first-order valence-electron chi connectivity index (χ1n) is 20.4. The van der Waals surface area contributed by atoms with E-state index in [2.05, 4.69) is 138 Å². The fourth-order valence-electron chi connectivity index (χ4n) is 9.15. The van der Waals surface area contributed by atoms with Gasteiger partial charge < -0.3 is 13.4 Å². The summed E-state index contributed by atoms with van der Waals surface area (Å²) < 4.78 is 15.5. The highest BCUT2D eigenvalue weighted by molar-refractivity contribution is 6.18. The fraction of sp³-hybridized carbons (Fsp3) is 0. The molecule has 0 aliphatic heterocycles. The molecule has 0 atom stereocenters. The smallest absolute Gasteiger partial charge is 0.164 e. The van der Waals surface area contributed by atoms with Crippen LogP contribution in [0.5, 0.6) is 0 Å². The molecule has 0 aliphatic rings. The molecule has 6 heteroatoms. The van der Waals surface area contributed by atoms with Gasteiger partial charge in [-0.2, -0.15) is 0 Å². The molecule has 0 unspecified atom stereocenters. The second kappa shape index (κ2) is 13.1. The number of furan rings is 2. The summed E-state index contributed by atoms with van der Waals surface area (Å²) in [5.74, 6) is 1.77. The van der Waals surface area contributed by atoms with Crippen LogP contribution < -0.4 is 0 Å². The molecule has 61 heavy (non-hydrogen) atoms. The molecule has 0 spiro atoms. The Morgan fingerprint density at radius 1 is 0.344 bits per heavy atom. The van der Waals surface area contributed by atoms with Crippen LogP contribution in [-0.4, -0.2) is 19.5 Å². The Balaban J connectivity index is 0.960. The quantitative estimate of drug-likeness (QED) is 0.174. The van der Waals surface area contributed by atoms with E-state index in [4.69, 9.17) is 23.8 Å². The molecule has 6 nitrogen and oxygen atoms in total. The van der Waals surface area contributed by atoms with E-state index in [1.54, 1.807) is 0 Å². The zero-order valence-corrected chi connectivity index (χ0v) is 32.6.